The molecule has 0 aliphatic carbocycles. The highest BCUT2D eigenvalue weighted by molar-refractivity contribution is 5.66. The van der Waals surface area contributed by atoms with Gasteiger partial charge >= 0.3 is 11.6 Å². The molecule has 0 amide bonds. The Morgan fingerprint density at radius 2 is 1.81 bits per heavy atom. The molecule has 150 valence electrons. The lowest BCUT2D eigenvalue weighted by Gasteiger charge is -2.34. The Kier molecular flexibility index (Phi) is 8.25. The highest BCUT2D eigenvalue weighted by atomic mass is 16.7. The molecule has 1 aliphatic rings. The summed E-state index contributed by atoms with van der Waals surface area (Å²) in [5.41, 5.74) is 0.394. The van der Waals surface area contributed by atoms with Gasteiger partial charge < -0.3 is 18.6 Å². The predicted molar refractivity (Wildman–Crippen MR) is 103 cm³/mol. The first kappa shape index (κ1) is 21.4. The standard InChI is InChI=1S/C14H26O4.C7H4O2/c1-5-6-7-13-8-16-14(17-9-13)10(2)11(3)18-12(4)15;8-7-5-1-3-6(9-7)4-2-5/h10-11,13-14H,5-9H2,1-4H3;1-4H. The highest BCUT2D eigenvalue weighted by Gasteiger charge is 2.30. The molecule has 6 nitrogen and oxygen atoms in total. The van der Waals surface area contributed by atoms with Gasteiger partial charge in [0.2, 0.25) is 0 Å². The third-order valence-corrected chi connectivity index (χ3v) is 4.78. The number of carbonyl (C=O) groups is 1. The van der Waals surface area contributed by atoms with Crippen molar-refractivity contribution < 1.29 is 23.4 Å². The van der Waals surface area contributed by atoms with E-state index in [0.717, 1.165) is 19.6 Å². The van der Waals surface area contributed by atoms with Gasteiger partial charge in [0.15, 0.2) is 6.29 Å². The number of hydrogen-bond acceptors (Lipinski definition) is 6. The zero-order valence-corrected chi connectivity index (χ0v) is 16.6. The molecule has 0 spiro atoms. The van der Waals surface area contributed by atoms with Crippen molar-refractivity contribution in [3.63, 3.8) is 0 Å². The van der Waals surface area contributed by atoms with Crippen molar-refractivity contribution in [1.82, 2.24) is 0 Å². The average molecular weight is 378 g/mol. The zero-order chi connectivity index (χ0) is 19.8. The lowest BCUT2D eigenvalue weighted by molar-refractivity contribution is -0.236. The molecule has 1 fully saturated rings. The monoisotopic (exact) mass is 378 g/mol. The second-order valence-electron chi connectivity index (χ2n) is 7.13. The molecule has 0 radical (unpaired) electrons. The maximum absolute atomic E-state index is 10.9. The molecule has 3 aromatic rings. The normalized spacial score (nSPS) is 21.9. The first-order valence-corrected chi connectivity index (χ1v) is 9.63. The Balaban J connectivity index is 0.000000239. The van der Waals surface area contributed by atoms with E-state index in [-0.39, 0.29) is 29.9 Å². The van der Waals surface area contributed by atoms with Gasteiger partial charge in [0.25, 0.3) is 0 Å². The lowest BCUT2D eigenvalue weighted by Crippen LogP contribution is -2.40. The molecule has 4 rings (SSSR count). The van der Waals surface area contributed by atoms with Crippen molar-refractivity contribution in [2.24, 2.45) is 11.8 Å². The maximum Gasteiger partial charge on any atom is 0.343 e. The van der Waals surface area contributed by atoms with Crippen LogP contribution in [0.25, 0.3) is 11.0 Å². The number of carbonyl (C=O) groups excluding carboxylic acids is 1. The lowest BCUT2D eigenvalue weighted by atomic mass is 10.0. The molecule has 3 heterocycles. The fraction of sp³-hybridized carbons (Fsp3) is 0.619. The molecule has 0 saturated carbocycles. The Labute approximate surface area is 160 Å². The summed E-state index contributed by atoms with van der Waals surface area (Å²) in [6.07, 6.45) is 3.16. The van der Waals surface area contributed by atoms with Crippen LogP contribution in [0, 0.1) is 11.8 Å². The van der Waals surface area contributed by atoms with E-state index in [1.165, 1.54) is 19.8 Å². The predicted octanol–water partition coefficient (Wildman–Crippen LogP) is 3.98. The molecular weight excluding hydrogens is 348 g/mol. The van der Waals surface area contributed by atoms with Crippen LogP contribution < -0.4 is 5.63 Å². The Bertz CT molecular complexity index is 711. The van der Waals surface area contributed by atoms with Crippen LogP contribution in [0.1, 0.15) is 47.0 Å². The minimum Gasteiger partial charge on any atom is -0.462 e. The summed E-state index contributed by atoms with van der Waals surface area (Å²) < 4.78 is 21.4. The summed E-state index contributed by atoms with van der Waals surface area (Å²) >= 11 is 0. The molecule has 6 heteroatoms. The van der Waals surface area contributed by atoms with Gasteiger partial charge in [-0.1, -0.05) is 26.7 Å². The van der Waals surface area contributed by atoms with E-state index in [1.807, 2.05) is 13.8 Å². The summed E-state index contributed by atoms with van der Waals surface area (Å²) in [6.45, 7) is 8.99. The maximum atomic E-state index is 10.9. The van der Waals surface area contributed by atoms with Crippen LogP contribution in [0.2, 0.25) is 0 Å². The van der Waals surface area contributed by atoms with Crippen molar-refractivity contribution in [1.29, 1.82) is 0 Å². The average Bonchev–Trinajstić information content (AvgIpc) is 2.67. The molecule has 2 atom stereocenters. The fourth-order valence-corrected chi connectivity index (χ4v) is 2.94. The Morgan fingerprint density at radius 3 is 2.22 bits per heavy atom. The van der Waals surface area contributed by atoms with Crippen LogP contribution in [-0.2, 0) is 19.0 Å². The van der Waals surface area contributed by atoms with Crippen LogP contribution in [-0.4, -0.2) is 31.6 Å². The number of fused-ring (bicyclic) bond motifs is 3. The van der Waals surface area contributed by atoms with Crippen molar-refractivity contribution in [2.75, 3.05) is 13.2 Å². The quantitative estimate of drug-likeness (QED) is 0.708. The van der Waals surface area contributed by atoms with Gasteiger partial charge in [-0.15, -0.1) is 0 Å². The van der Waals surface area contributed by atoms with Crippen LogP contribution in [0.3, 0.4) is 0 Å². The molecular formula is C21H30O6. The second kappa shape index (κ2) is 10.4. The van der Waals surface area contributed by atoms with E-state index >= 15 is 0 Å². The molecule has 1 aromatic carbocycles. The van der Waals surface area contributed by atoms with Crippen LogP contribution >= 0.6 is 0 Å². The van der Waals surface area contributed by atoms with Crippen LogP contribution in [0.4, 0.5) is 0 Å². The summed E-state index contributed by atoms with van der Waals surface area (Å²) in [5.74, 6) is 0.310. The van der Waals surface area contributed by atoms with Crippen LogP contribution in [0.5, 0.6) is 0 Å². The number of unbranched alkanes of at least 4 members (excludes halogenated alkanes) is 1. The first-order chi connectivity index (χ1) is 12.9. The molecule has 0 N–H and O–H groups in total. The minimum atomic E-state index is -0.258. The molecule has 27 heavy (non-hydrogen) atoms. The molecule has 1 saturated heterocycles. The SMILES string of the molecule is CCCCC1COC(C(C)C(C)OC(C)=O)OC1.O=c1oc2ccc1cc2. The van der Waals surface area contributed by atoms with Crippen molar-refractivity contribution in [3.05, 3.63) is 34.7 Å². The van der Waals surface area contributed by atoms with E-state index in [1.54, 1.807) is 24.3 Å². The van der Waals surface area contributed by atoms with Gasteiger partial charge in [-0.3, -0.25) is 4.79 Å². The Morgan fingerprint density at radius 1 is 1.19 bits per heavy atom. The van der Waals surface area contributed by atoms with Crippen molar-refractivity contribution in [2.45, 2.75) is 59.4 Å². The third kappa shape index (κ3) is 6.63. The van der Waals surface area contributed by atoms with E-state index in [4.69, 9.17) is 18.6 Å². The van der Waals surface area contributed by atoms with Gasteiger partial charge in [0, 0.05) is 18.8 Å². The number of ether oxygens (including phenoxy) is 3. The fourth-order valence-electron chi connectivity index (χ4n) is 2.94. The number of rotatable bonds is 6. The smallest absolute Gasteiger partial charge is 0.343 e. The second-order valence-corrected chi connectivity index (χ2v) is 7.13. The number of hydrogen-bond donors (Lipinski definition) is 0. The van der Waals surface area contributed by atoms with Gasteiger partial charge in [-0.05, 0) is 37.6 Å². The van der Waals surface area contributed by atoms with Crippen LogP contribution in [0.15, 0.2) is 33.5 Å². The summed E-state index contributed by atoms with van der Waals surface area (Å²) in [6, 6.07) is 7.05. The molecule has 1 aliphatic heterocycles. The Hall–Kier alpha value is -1.92. The first-order valence-electron chi connectivity index (χ1n) is 9.63. The number of esters is 1. The summed E-state index contributed by atoms with van der Waals surface area (Å²) in [7, 11) is 0. The van der Waals surface area contributed by atoms with E-state index in [0.29, 0.717) is 16.9 Å². The van der Waals surface area contributed by atoms with Gasteiger partial charge in [0.1, 0.15) is 11.7 Å². The molecule has 2 aromatic heterocycles. The largest absolute Gasteiger partial charge is 0.462 e. The van der Waals surface area contributed by atoms with E-state index in [2.05, 4.69) is 6.92 Å². The van der Waals surface area contributed by atoms with Crippen molar-refractivity contribution >= 4 is 16.9 Å². The highest BCUT2D eigenvalue weighted by Crippen LogP contribution is 2.24. The van der Waals surface area contributed by atoms with Gasteiger partial charge in [0.05, 0.1) is 18.6 Å². The van der Waals surface area contributed by atoms with Gasteiger partial charge in [-0.25, -0.2) is 4.79 Å². The summed E-state index contributed by atoms with van der Waals surface area (Å²) in [4.78, 5) is 21.6. The van der Waals surface area contributed by atoms with Gasteiger partial charge in [-0.2, -0.15) is 0 Å². The topological polar surface area (TPSA) is 75.0 Å². The van der Waals surface area contributed by atoms with Crippen molar-refractivity contribution in [3.8, 4) is 0 Å². The number of benzene rings is 1. The third-order valence-electron chi connectivity index (χ3n) is 4.78. The molecule has 2 bridgehead atoms. The summed E-state index contributed by atoms with van der Waals surface area (Å²) in [5, 5.41) is 0.630. The van der Waals surface area contributed by atoms with E-state index in [9.17, 15) is 9.59 Å². The molecule has 2 unspecified atom stereocenters. The minimum absolute atomic E-state index is 0.0565. The zero-order valence-electron chi connectivity index (χ0n) is 16.6. The van der Waals surface area contributed by atoms with E-state index < -0.39 is 0 Å².